The average Bonchev–Trinajstić information content (AvgIpc) is 2.86. The van der Waals surface area contributed by atoms with Crippen LogP contribution < -0.4 is 0 Å². The molecule has 1 unspecified atom stereocenters. The Morgan fingerprint density at radius 1 is 1.65 bits per heavy atom. The van der Waals surface area contributed by atoms with Crippen LogP contribution >= 0.6 is 0 Å². The molecule has 1 N–H and O–H groups in total. The number of aliphatic carboxylic acids is 1. The molecular formula is C11H15N3O3. The highest BCUT2D eigenvalue weighted by Crippen LogP contribution is 2.24. The van der Waals surface area contributed by atoms with Gasteiger partial charge in [-0.15, -0.1) is 0 Å². The first kappa shape index (κ1) is 11.6. The molecule has 6 heteroatoms. The maximum absolute atomic E-state index is 12.0. The smallest absolute Gasteiger partial charge is 0.323 e. The van der Waals surface area contributed by atoms with E-state index in [2.05, 4.69) is 4.98 Å². The van der Waals surface area contributed by atoms with Gasteiger partial charge >= 0.3 is 5.97 Å². The summed E-state index contributed by atoms with van der Waals surface area (Å²) in [5.74, 6) is -0.235. The molecule has 0 bridgehead atoms. The summed E-state index contributed by atoms with van der Waals surface area (Å²) < 4.78 is 1.85. The Morgan fingerprint density at radius 3 is 3.06 bits per heavy atom. The molecule has 1 amide bonds. The van der Waals surface area contributed by atoms with E-state index in [1.807, 2.05) is 11.5 Å². The number of amides is 1. The number of hydrogen-bond donors (Lipinski definition) is 1. The molecule has 6 nitrogen and oxygen atoms in total. The Hall–Kier alpha value is -1.85. The summed E-state index contributed by atoms with van der Waals surface area (Å²) in [6.45, 7) is 2.26. The van der Waals surface area contributed by atoms with Crippen molar-refractivity contribution in [3.8, 4) is 0 Å². The van der Waals surface area contributed by atoms with Crippen LogP contribution in [0.1, 0.15) is 25.2 Å². The minimum absolute atomic E-state index is 0.125. The highest BCUT2D eigenvalue weighted by molar-refractivity contribution is 5.86. The molecular weight excluding hydrogens is 222 g/mol. The molecule has 0 radical (unpaired) electrons. The van der Waals surface area contributed by atoms with E-state index in [4.69, 9.17) is 5.11 Å². The average molecular weight is 237 g/mol. The van der Waals surface area contributed by atoms with Gasteiger partial charge in [0.15, 0.2) is 0 Å². The lowest BCUT2D eigenvalue weighted by Gasteiger charge is -2.15. The first-order chi connectivity index (χ1) is 8.13. The zero-order valence-electron chi connectivity index (χ0n) is 9.67. The molecule has 0 aromatic carbocycles. The molecule has 2 heterocycles. The quantitative estimate of drug-likeness (QED) is 0.817. The molecule has 92 valence electrons. The van der Waals surface area contributed by atoms with Crippen LogP contribution in [-0.2, 0) is 16.0 Å². The molecule has 2 rings (SSSR count). The number of carboxylic acid groups (broad SMARTS) is 1. The third kappa shape index (κ3) is 2.15. The molecule has 1 saturated heterocycles. The SMILES string of the molecule is CCc1nccn1C1CCN(CC(=O)O)C1=O. The minimum atomic E-state index is -0.972. The summed E-state index contributed by atoms with van der Waals surface area (Å²) >= 11 is 0. The van der Waals surface area contributed by atoms with Gasteiger partial charge in [0.25, 0.3) is 0 Å². The predicted molar refractivity (Wildman–Crippen MR) is 59.5 cm³/mol. The number of hydrogen-bond acceptors (Lipinski definition) is 3. The maximum Gasteiger partial charge on any atom is 0.323 e. The maximum atomic E-state index is 12.0. The number of likely N-dealkylation sites (tertiary alicyclic amines) is 1. The van der Waals surface area contributed by atoms with Gasteiger partial charge in [0.2, 0.25) is 5.91 Å². The number of carbonyl (C=O) groups is 2. The molecule has 1 aliphatic rings. The van der Waals surface area contributed by atoms with Gasteiger partial charge in [0, 0.05) is 25.4 Å². The fourth-order valence-corrected chi connectivity index (χ4v) is 2.20. The predicted octanol–water partition coefficient (Wildman–Crippen LogP) is 0.303. The van der Waals surface area contributed by atoms with Gasteiger partial charge in [0.05, 0.1) is 0 Å². The standard InChI is InChI=1S/C11H15N3O3/c1-2-9-12-4-6-14(9)8-3-5-13(11(8)17)7-10(15)16/h4,6,8H,2-3,5,7H2,1H3,(H,15,16). The van der Waals surface area contributed by atoms with E-state index in [0.717, 1.165) is 12.2 Å². The van der Waals surface area contributed by atoms with Crippen LogP contribution in [0.15, 0.2) is 12.4 Å². The van der Waals surface area contributed by atoms with Crippen LogP contribution in [-0.4, -0.2) is 44.5 Å². The molecule has 0 aliphatic carbocycles. The van der Waals surface area contributed by atoms with Crippen LogP contribution in [0.3, 0.4) is 0 Å². The second-order valence-electron chi connectivity index (χ2n) is 4.06. The van der Waals surface area contributed by atoms with Crippen LogP contribution in [0.4, 0.5) is 0 Å². The number of nitrogens with zero attached hydrogens (tertiary/aromatic N) is 3. The molecule has 1 aromatic rings. The highest BCUT2D eigenvalue weighted by Gasteiger charge is 2.34. The second-order valence-corrected chi connectivity index (χ2v) is 4.06. The normalized spacial score (nSPS) is 19.9. The van der Waals surface area contributed by atoms with Gasteiger partial charge in [-0.05, 0) is 6.42 Å². The molecule has 0 spiro atoms. The summed E-state index contributed by atoms with van der Waals surface area (Å²) in [6.07, 6.45) is 4.86. The van der Waals surface area contributed by atoms with E-state index in [9.17, 15) is 9.59 Å². The Kier molecular flexibility index (Phi) is 3.12. The summed E-state index contributed by atoms with van der Waals surface area (Å²) in [4.78, 5) is 28.2. The van der Waals surface area contributed by atoms with Crippen molar-refractivity contribution in [3.05, 3.63) is 18.2 Å². The Morgan fingerprint density at radius 2 is 2.41 bits per heavy atom. The molecule has 0 saturated carbocycles. The zero-order valence-corrected chi connectivity index (χ0v) is 9.67. The van der Waals surface area contributed by atoms with Gasteiger partial charge in [-0.3, -0.25) is 9.59 Å². The van der Waals surface area contributed by atoms with E-state index < -0.39 is 5.97 Å². The lowest BCUT2D eigenvalue weighted by molar-refractivity contribution is -0.143. The first-order valence-electron chi connectivity index (χ1n) is 5.65. The Balaban J connectivity index is 2.15. The number of aromatic nitrogens is 2. The van der Waals surface area contributed by atoms with Gasteiger partial charge in [-0.2, -0.15) is 0 Å². The number of carboxylic acids is 1. The van der Waals surface area contributed by atoms with Crippen LogP contribution in [0.25, 0.3) is 0 Å². The van der Waals surface area contributed by atoms with Crippen molar-refractivity contribution >= 4 is 11.9 Å². The number of rotatable bonds is 4. The third-order valence-corrected chi connectivity index (χ3v) is 3.00. The monoisotopic (exact) mass is 237 g/mol. The van der Waals surface area contributed by atoms with E-state index in [1.165, 1.54) is 4.90 Å². The molecule has 17 heavy (non-hydrogen) atoms. The first-order valence-corrected chi connectivity index (χ1v) is 5.65. The van der Waals surface area contributed by atoms with Crippen LogP contribution in [0.2, 0.25) is 0 Å². The third-order valence-electron chi connectivity index (χ3n) is 3.00. The van der Waals surface area contributed by atoms with Gasteiger partial charge in [0.1, 0.15) is 18.4 Å². The van der Waals surface area contributed by atoms with Crippen molar-refractivity contribution in [2.45, 2.75) is 25.8 Å². The van der Waals surface area contributed by atoms with Gasteiger partial charge in [-0.1, -0.05) is 6.92 Å². The van der Waals surface area contributed by atoms with Crippen LogP contribution in [0.5, 0.6) is 0 Å². The molecule has 1 atom stereocenters. The van der Waals surface area contributed by atoms with E-state index in [-0.39, 0.29) is 18.5 Å². The largest absolute Gasteiger partial charge is 0.480 e. The van der Waals surface area contributed by atoms with Gasteiger partial charge in [-0.25, -0.2) is 4.98 Å². The molecule has 1 aromatic heterocycles. The van der Waals surface area contributed by atoms with Crippen molar-refractivity contribution in [1.29, 1.82) is 0 Å². The van der Waals surface area contributed by atoms with E-state index in [1.54, 1.807) is 12.4 Å². The summed E-state index contributed by atoms with van der Waals surface area (Å²) in [5, 5.41) is 8.70. The Labute approximate surface area is 98.9 Å². The van der Waals surface area contributed by atoms with Crippen molar-refractivity contribution in [2.24, 2.45) is 0 Å². The van der Waals surface area contributed by atoms with Crippen molar-refractivity contribution in [1.82, 2.24) is 14.5 Å². The summed E-state index contributed by atoms with van der Waals surface area (Å²) in [5.41, 5.74) is 0. The minimum Gasteiger partial charge on any atom is -0.480 e. The highest BCUT2D eigenvalue weighted by atomic mass is 16.4. The molecule has 1 fully saturated rings. The van der Waals surface area contributed by atoms with Crippen LogP contribution in [0, 0.1) is 0 Å². The van der Waals surface area contributed by atoms with Crippen molar-refractivity contribution < 1.29 is 14.7 Å². The fraction of sp³-hybridized carbons (Fsp3) is 0.545. The Bertz CT molecular complexity index is 441. The lowest BCUT2D eigenvalue weighted by Crippen LogP contribution is -2.33. The van der Waals surface area contributed by atoms with Crippen molar-refractivity contribution in [3.63, 3.8) is 0 Å². The van der Waals surface area contributed by atoms with Gasteiger partial charge < -0.3 is 14.6 Å². The zero-order chi connectivity index (χ0) is 12.4. The number of imidazole rings is 1. The molecule has 1 aliphatic heterocycles. The number of aryl methyl sites for hydroxylation is 1. The topological polar surface area (TPSA) is 75.4 Å². The number of carbonyl (C=O) groups excluding carboxylic acids is 1. The lowest BCUT2D eigenvalue weighted by atomic mass is 10.2. The summed E-state index contributed by atoms with van der Waals surface area (Å²) in [6, 6.07) is -0.285. The van der Waals surface area contributed by atoms with E-state index >= 15 is 0 Å². The summed E-state index contributed by atoms with van der Waals surface area (Å²) in [7, 11) is 0. The van der Waals surface area contributed by atoms with E-state index in [0.29, 0.717) is 13.0 Å². The second kappa shape index (κ2) is 4.57. The van der Waals surface area contributed by atoms with Crippen molar-refractivity contribution in [2.75, 3.05) is 13.1 Å². The fourth-order valence-electron chi connectivity index (χ4n) is 2.20.